The van der Waals surface area contributed by atoms with Crippen molar-refractivity contribution >= 4 is 52.7 Å². The van der Waals surface area contributed by atoms with Gasteiger partial charge in [0.05, 0.1) is 7.82 Å². The number of ether oxygens (including phenoxy) is 2. The Morgan fingerprint density at radius 3 is 2.54 bits per heavy atom. The molecule has 2 aromatic rings. The van der Waals surface area contributed by atoms with Gasteiger partial charge < -0.3 is 46.1 Å². The number of carbonyl (C=O) groups is 1. The van der Waals surface area contributed by atoms with Crippen LogP contribution >= 0.6 is 22.8 Å². The molecule has 5 atom stereocenters. The molecule has 1 aromatic heterocycles. The molecule has 214 valence electrons. The quantitative estimate of drug-likeness (QED) is 0.0976. The van der Waals surface area contributed by atoms with Crippen LogP contribution in [0.1, 0.15) is 25.1 Å². The van der Waals surface area contributed by atoms with Crippen molar-refractivity contribution in [2.75, 3.05) is 6.61 Å². The minimum Gasteiger partial charge on any atom is -0.858 e. The molecule has 1 fully saturated rings. The second kappa shape index (κ2) is 12.6. The van der Waals surface area contributed by atoms with Crippen LogP contribution in [0.15, 0.2) is 52.4 Å². The summed E-state index contributed by atoms with van der Waals surface area (Å²) in [6.45, 7) is 0.309. The lowest BCUT2D eigenvalue weighted by Gasteiger charge is -2.36. The van der Waals surface area contributed by atoms with Crippen molar-refractivity contribution in [2.45, 2.75) is 31.8 Å². The first-order valence-electron chi connectivity index (χ1n) is 10.5. The van der Waals surface area contributed by atoms with Crippen LogP contribution in [-0.2, 0) is 48.8 Å². The van der Waals surface area contributed by atoms with E-state index in [-0.39, 0.29) is 17.8 Å². The highest BCUT2D eigenvalue weighted by Gasteiger charge is 2.42. The Labute approximate surface area is 225 Å². The molecule has 1 N–H and O–H groups in total. The summed E-state index contributed by atoms with van der Waals surface area (Å²) < 4.78 is 45.8. The van der Waals surface area contributed by atoms with Crippen LogP contribution in [0, 0.1) is 0 Å². The molecule has 0 bridgehead atoms. The SMILES string of the molecule is CC(=O)O[C@H]1C[C@H](n2ccc(N=C([O-])c3ccccc3)nc2=O)O[C@@H]1CO[P+](O)([S-])OP(=O)([O-])OP(=O)([O-])[O-]. The molecule has 1 aliphatic heterocycles. The van der Waals surface area contributed by atoms with Gasteiger partial charge in [0, 0.05) is 19.5 Å². The third kappa shape index (κ3) is 9.83. The van der Waals surface area contributed by atoms with E-state index >= 15 is 0 Å². The fraction of sp³-hybridized carbons (Fsp3) is 0.333. The second-order valence-electron chi connectivity index (χ2n) is 7.59. The Hall–Kier alpha value is -2.04. The molecule has 3 rings (SSSR count). The number of aromatic nitrogens is 2. The third-order valence-corrected chi connectivity index (χ3v) is 9.28. The molecule has 0 radical (unpaired) electrons. The highest BCUT2D eigenvalue weighted by atomic mass is 32.7. The van der Waals surface area contributed by atoms with Gasteiger partial charge in [-0.2, -0.15) is 9.51 Å². The summed E-state index contributed by atoms with van der Waals surface area (Å²) >= 11 is 4.48. The largest absolute Gasteiger partial charge is 0.858 e. The van der Waals surface area contributed by atoms with E-state index in [0.29, 0.717) is 0 Å². The molecule has 2 heterocycles. The lowest BCUT2D eigenvalue weighted by molar-refractivity contribution is -0.339. The molecule has 17 nitrogen and oxygen atoms in total. The van der Waals surface area contributed by atoms with Gasteiger partial charge in [-0.25, -0.2) is 14.7 Å². The lowest BCUT2D eigenvalue weighted by Crippen LogP contribution is -2.31. The maximum absolute atomic E-state index is 12.6. The molecule has 1 aliphatic rings. The van der Waals surface area contributed by atoms with Crippen molar-refractivity contribution in [1.29, 1.82) is 0 Å². The summed E-state index contributed by atoms with van der Waals surface area (Å²) in [4.78, 5) is 74.1. The molecule has 0 saturated carbocycles. The molecule has 0 amide bonds. The second-order valence-corrected chi connectivity index (χ2v) is 13.3. The van der Waals surface area contributed by atoms with E-state index in [4.69, 9.17) is 14.0 Å². The molecule has 0 spiro atoms. The topological polar surface area (TPSA) is 257 Å². The average molecular weight is 625 g/mol. The Morgan fingerprint density at radius 2 is 1.95 bits per heavy atom. The van der Waals surface area contributed by atoms with E-state index in [0.717, 1.165) is 11.5 Å². The van der Waals surface area contributed by atoms with Gasteiger partial charge in [-0.3, -0.25) is 18.2 Å². The minimum absolute atomic E-state index is 0.136. The molecule has 1 saturated heterocycles. The van der Waals surface area contributed by atoms with Crippen LogP contribution in [0.3, 0.4) is 0 Å². The number of esters is 1. The highest BCUT2D eigenvalue weighted by Crippen LogP contribution is 2.68. The number of aliphatic imine (C=N–C) groups is 1. The van der Waals surface area contributed by atoms with Gasteiger partial charge in [0.15, 0.2) is 5.82 Å². The van der Waals surface area contributed by atoms with Crippen molar-refractivity contribution < 1.29 is 61.2 Å². The zero-order valence-corrected chi connectivity index (χ0v) is 23.0. The van der Waals surface area contributed by atoms with Crippen molar-refractivity contribution in [3.63, 3.8) is 0 Å². The third-order valence-electron chi connectivity index (χ3n) is 4.67. The molecule has 2 unspecified atom stereocenters. The monoisotopic (exact) mass is 625 g/mol. The number of benzene rings is 1. The fourth-order valence-electron chi connectivity index (χ4n) is 3.25. The lowest BCUT2D eigenvalue weighted by atomic mass is 10.2. The zero-order chi connectivity index (χ0) is 29.0. The molecular weight excluding hydrogens is 607 g/mol. The van der Waals surface area contributed by atoms with Crippen molar-refractivity contribution in [3.8, 4) is 0 Å². The number of hydrogen-bond donors (Lipinski definition) is 1. The number of nitrogens with zero attached hydrogens (tertiary/aromatic N) is 3. The van der Waals surface area contributed by atoms with Crippen LogP contribution in [0.5, 0.6) is 0 Å². The summed E-state index contributed by atoms with van der Waals surface area (Å²) in [7, 11) is -16.7. The van der Waals surface area contributed by atoms with E-state index in [1.54, 1.807) is 18.2 Å². The Balaban J connectivity index is 1.72. The number of rotatable bonds is 11. The fourth-order valence-corrected chi connectivity index (χ4v) is 7.07. The molecule has 0 aliphatic carbocycles. The maximum atomic E-state index is 12.6. The standard InChI is InChI=1S/C18H22N3O14P3S/c1-11(22)32-13-9-16(33-14(13)10-31-38(30,39)35-37(28,29)34-36(25,26)27)21-8-7-15(20-18(21)24)19-17(23)12-5-3-2-4-6-12/h2-8,13-14,16H,9-10H2,1H3,(H,28,29)(H,30,39)(H2,25,26,27)(H,19,20,23,24)/p-4/t13-,14+,16+,38?/m0/s1. The minimum atomic E-state index is -6.05. The number of hydrogen-bond acceptors (Lipinski definition) is 17. The van der Waals surface area contributed by atoms with Crippen LogP contribution in [0.4, 0.5) is 5.82 Å². The van der Waals surface area contributed by atoms with Gasteiger partial charge in [-0.1, -0.05) is 30.3 Å². The summed E-state index contributed by atoms with van der Waals surface area (Å²) in [5.41, 5.74) is -0.608. The van der Waals surface area contributed by atoms with Gasteiger partial charge in [0.25, 0.3) is 7.15 Å². The van der Waals surface area contributed by atoms with Gasteiger partial charge >= 0.3 is 19.5 Å². The van der Waals surface area contributed by atoms with Crippen molar-refractivity contribution in [1.82, 2.24) is 9.55 Å². The van der Waals surface area contributed by atoms with Gasteiger partial charge in [-0.05, 0) is 17.5 Å². The predicted molar refractivity (Wildman–Crippen MR) is 125 cm³/mol. The summed E-state index contributed by atoms with van der Waals surface area (Å²) in [5.74, 6) is -1.57. The smallest absolute Gasteiger partial charge is 0.351 e. The van der Waals surface area contributed by atoms with Crippen LogP contribution in [0.2, 0.25) is 0 Å². The maximum Gasteiger partial charge on any atom is 0.351 e. The van der Waals surface area contributed by atoms with E-state index in [1.807, 2.05) is 0 Å². The van der Waals surface area contributed by atoms with E-state index in [9.17, 15) is 43.4 Å². The molecule has 1 aromatic carbocycles. The summed E-state index contributed by atoms with van der Waals surface area (Å²) in [6.07, 6.45) is -2.37. The van der Waals surface area contributed by atoms with E-state index in [2.05, 4.69) is 30.8 Å². The number of carbonyl (C=O) groups excluding carboxylic acids is 1. The molecule has 21 heteroatoms. The average Bonchev–Trinajstić information content (AvgIpc) is 3.17. The first-order valence-corrected chi connectivity index (χ1v) is 16.0. The molecular formula is C18H18N3O14P3S-4. The van der Waals surface area contributed by atoms with E-state index in [1.165, 1.54) is 24.4 Å². The Kier molecular flexibility index (Phi) is 10.2. The number of phosphoric acid groups is 2. The van der Waals surface area contributed by atoms with Crippen molar-refractivity contribution in [3.05, 3.63) is 58.6 Å². The van der Waals surface area contributed by atoms with Crippen LogP contribution < -0.4 is 25.5 Å². The van der Waals surface area contributed by atoms with Crippen molar-refractivity contribution in [2.24, 2.45) is 4.99 Å². The first kappa shape index (κ1) is 31.5. The normalized spacial score (nSPS) is 23.1. The highest BCUT2D eigenvalue weighted by molar-refractivity contribution is 8.36. The Morgan fingerprint density at radius 1 is 1.28 bits per heavy atom. The predicted octanol–water partition coefficient (Wildman–Crippen LogP) is -1.54. The van der Waals surface area contributed by atoms with Crippen LogP contribution in [0.25, 0.3) is 0 Å². The van der Waals surface area contributed by atoms with Gasteiger partial charge in [0.1, 0.15) is 25.0 Å². The summed E-state index contributed by atoms with van der Waals surface area (Å²) in [6, 6.07) is 9.30. The van der Waals surface area contributed by atoms with E-state index < -0.39 is 65.4 Å². The van der Waals surface area contributed by atoms with Crippen LogP contribution in [-0.4, -0.2) is 45.1 Å². The van der Waals surface area contributed by atoms with Gasteiger partial charge in [0.2, 0.25) is 0 Å². The van der Waals surface area contributed by atoms with Gasteiger partial charge in [-0.15, -0.1) is 4.31 Å². The summed E-state index contributed by atoms with van der Waals surface area (Å²) in [5, 5.41) is 12.2. The first-order chi connectivity index (χ1) is 18.0. The zero-order valence-electron chi connectivity index (χ0n) is 19.5. The Bertz CT molecular complexity index is 1370. The molecule has 39 heavy (non-hydrogen) atoms.